The first-order valence-electron chi connectivity index (χ1n) is 7.50. The van der Waals surface area contributed by atoms with Crippen molar-refractivity contribution in [2.45, 2.75) is 51.7 Å². The summed E-state index contributed by atoms with van der Waals surface area (Å²) in [5.41, 5.74) is 0.585. The molecule has 1 aliphatic rings. The van der Waals surface area contributed by atoms with Crippen molar-refractivity contribution in [3.8, 4) is 0 Å². The molecule has 1 fully saturated rings. The van der Waals surface area contributed by atoms with Crippen LogP contribution >= 0.6 is 0 Å². The van der Waals surface area contributed by atoms with Gasteiger partial charge in [0.25, 0.3) is 0 Å². The second kappa shape index (κ2) is 6.64. The molecule has 0 spiro atoms. The zero-order valence-corrected chi connectivity index (χ0v) is 12.5. The van der Waals surface area contributed by atoms with E-state index < -0.39 is 11.6 Å². The van der Waals surface area contributed by atoms with E-state index in [0.717, 1.165) is 32.0 Å². The molecule has 0 amide bonds. The lowest BCUT2D eigenvalue weighted by Crippen LogP contribution is -2.56. The van der Waals surface area contributed by atoms with E-state index in [4.69, 9.17) is 0 Å². The molecule has 20 heavy (non-hydrogen) atoms. The van der Waals surface area contributed by atoms with Crippen molar-refractivity contribution >= 4 is 0 Å². The normalized spacial score (nSPS) is 25.6. The van der Waals surface area contributed by atoms with E-state index >= 15 is 0 Å². The molecule has 0 radical (unpaired) electrons. The van der Waals surface area contributed by atoms with Gasteiger partial charge in [0.15, 0.2) is 0 Å². The molecule has 2 nitrogen and oxygen atoms in total. The number of piperazine rings is 1. The first-order valence-corrected chi connectivity index (χ1v) is 7.50. The van der Waals surface area contributed by atoms with Gasteiger partial charge in [0, 0.05) is 42.8 Å². The Morgan fingerprint density at radius 3 is 2.65 bits per heavy atom. The molecule has 0 aliphatic carbocycles. The molecule has 3 unspecified atom stereocenters. The smallest absolute Gasteiger partial charge is 0.130 e. The van der Waals surface area contributed by atoms with E-state index in [0.29, 0.717) is 17.6 Å². The predicted octanol–water partition coefficient (Wildman–Crippen LogP) is 3.49. The van der Waals surface area contributed by atoms with Gasteiger partial charge < -0.3 is 5.32 Å². The molecule has 1 heterocycles. The van der Waals surface area contributed by atoms with Crippen molar-refractivity contribution in [1.82, 2.24) is 10.2 Å². The third kappa shape index (κ3) is 3.18. The van der Waals surface area contributed by atoms with Crippen molar-refractivity contribution in [3.63, 3.8) is 0 Å². The zero-order chi connectivity index (χ0) is 14.7. The van der Waals surface area contributed by atoms with Crippen LogP contribution in [-0.4, -0.2) is 30.1 Å². The molecular weight excluding hydrogens is 258 g/mol. The molecule has 1 saturated heterocycles. The van der Waals surface area contributed by atoms with Crippen LogP contribution in [0.4, 0.5) is 8.78 Å². The van der Waals surface area contributed by atoms with E-state index in [-0.39, 0.29) is 6.04 Å². The zero-order valence-electron chi connectivity index (χ0n) is 12.5. The standard InChI is InChI=1S/C16H24F2N2/c1-4-13-10-20(14(5-2)9-19-13)11(3)15-7-6-12(17)8-16(15)18/h6-8,11,13-14,19H,4-5,9-10H2,1-3H3. The summed E-state index contributed by atoms with van der Waals surface area (Å²) < 4.78 is 27.0. The predicted molar refractivity (Wildman–Crippen MR) is 77.6 cm³/mol. The summed E-state index contributed by atoms with van der Waals surface area (Å²) in [4.78, 5) is 2.35. The van der Waals surface area contributed by atoms with Gasteiger partial charge in [0.1, 0.15) is 11.6 Å². The lowest BCUT2D eigenvalue weighted by atomic mass is 9.98. The highest BCUT2D eigenvalue weighted by molar-refractivity contribution is 5.22. The van der Waals surface area contributed by atoms with Crippen LogP contribution in [0.5, 0.6) is 0 Å². The van der Waals surface area contributed by atoms with Crippen molar-refractivity contribution in [2.75, 3.05) is 13.1 Å². The number of hydrogen-bond acceptors (Lipinski definition) is 2. The molecule has 1 N–H and O–H groups in total. The second-order valence-corrected chi connectivity index (χ2v) is 5.61. The van der Waals surface area contributed by atoms with Gasteiger partial charge in [-0.1, -0.05) is 19.9 Å². The van der Waals surface area contributed by atoms with Crippen LogP contribution in [0, 0.1) is 11.6 Å². The number of rotatable bonds is 4. The molecule has 4 heteroatoms. The molecule has 1 aromatic rings. The SMILES string of the molecule is CCC1CN(C(C)c2ccc(F)cc2F)C(CC)CN1. The van der Waals surface area contributed by atoms with Crippen molar-refractivity contribution < 1.29 is 8.78 Å². The van der Waals surface area contributed by atoms with Crippen molar-refractivity contribution in [3.05, 3.63) is 35.4 Å². The average molecular weight is 282 g/mol. The van der Waals surface area contributed by atoms with Crippen LogP contribution in [0.3, 0.4) is 0 Å². The Hall–Kier alpha value is -1.00. The number of nitrogens with one attached hydrogen (secondary N) is 1. The molecule has 2 rings (SSSR count). The van der Waals surface area contributed by atoms with Gasteiger partial charge in [0.2, 0.25) is 0 Å². The molecule has 1 aliphatic heterocycles. The van der Waals surface area contributed by atoms with E-state index in [9.17, 15) is 8.78 Å². The molecule has 3 atom stereocenters. The summed E-state index contributed by atoms with van der Waals surface area (Å²) in [6, 6.07) is 4.71. The van der Waals surface area contributed by atoms with Gasteiger partial charge in [0.05, 0.1) is 0 Å². The number of hydrogen-bond donors (Lipinski definition) is 1. The Morgan fingerprint density at radius 2 is 2.05 bits per heavy atom. The topological polar surface area (TPSA) is 15.3 Å². The maximum Gasteiger partial charge on any atom is 0.130 e. The first-order chi connectivity index (χ1) is 9.56. The molecule has 0 bridgehead atoms. The van der Waals surface area contributed by atoms with E-state index in [1.54, 1.807) is 6.07 Å². The van der Waals surface area contributed by atoms with Crippen molar-refractivity contribution in [2.24, 2.45) is 0 Å². The van der Waals surface area contributed by atoms with Crippen LogP contribution in [0.2, 0.25) is 0 Å². The quantitative estimate of drug-likeness (QED) is 0.909. The summed E-state index contributed by atoms with van der Waals surface area (Å²) in [5, 5.41) is 3.53. The fourth-order valence-electron chi connectivity index (χ4n) is 3.03. The van der Waals surface area contributed by atoms with Crippen LogP contribution in [0.15, 0.2) is 18.2 Å². The van der Waals surface area contributed by atoms with Gasteiger partial charge in [-0.15, -0.1) is 0 Å². The van der Waals surface area contributed by atoms with Crippen LogP contribution in [0.1, 0.15) is 45.2 Å². The highest BCUT2D eigenvalue weighted by Crippen LogP contribution is 2.28. The van der Waals surface area contributed by atoms with Gasteiger partial charge >= 0.3 is 0 Å². The largest absolute Gasteiger partial charge is 0.311 e. The Bertz CT molecular complexity index is 450. The maximum absolute atomic E-state index is 14.0. The van der Waals surface area contributed by atoms with E-state index in [2.05, 4.69) is 24.1 Å². The minimum Gasteiger partial charge on any atom is -0.311 e. The van der Waals surface area contributed by atoms with Crippen LogP contribution < -0.4 is 5.32 Å². The van der Waals surface area contributed by atoms with Gasteiger partial charge in [-0.05, 0) is 25.8 Å². The summed E-state index contributed by atoms with van der Waals surface area (Å²) in [6.07, 6.45) is 2.09. The minimum atomic E-state index is -0.516. The monoisotopic (exact) mass is 282 g/mol. The third-order valence-electron chi connectivity index (χ3n) is 4.42. The first kappa shape index (κ1) is 15.4. The summed E-state index contributed by atoms with van der Waals surface area (Å²) in [5.74, 6) is -0.962. The van der Waals surface area contributed by atoms with Gasteiger partial charge in [-0.2, -0.15) is 0 Å². The lowest BCUT2D eigenvalue weighted by Gasteiger charge is -2.43. The van der Waals surface area contributed by atoms with Crippen molar-refractivity contribution in [1.29, 1.82) is 0 Å². The maximum atomic E-state index is 14.0. The van der Waals surface area contributed by atoms with E-state index in [1.165, 1.54) is 6.07 Å². The lowest BCUT2D eigenvalue weighted by molar-refractivity contribution is 0.0833. The molecule has 0 saturated carbocycles. The minimum absolute atomic E-state index is 0.0308. The number of benzene rings is 1. The Morgan fingerprint density at radius 1 is 1.30 bits per heavy atom. The van der Waals surface area contributed by atoms with Crippen LogP contribution in [-0.2, 0) is 0 Å². The average Bonchev–Trinajstić information content (AvgIpc) is 2.46. The third-order valence-corrected chi connectivity index (χ3v) is 4.42. The fraction of sp³-hybridized carbons (Fsp3) is 0.625. The van der Waals surface area contributed by atoms with Gasteiger partial charge in [-0.3, -0.25) is 4.90 Å². The second-order valence-electron chi connectivity index (χ2n) is 5.61. The molecular formula is C16H24F2N2. The van der Waals surface area contributed by atoms with Crippen LogP contribution in [0.25, 0.3) is 0 Å². The summed E-state index contributed by atoms with van der Waals surface area (Å²) in [6.45, 7) is 8.16. The Kier molecular flexibility index (Phi) is 5.11. The highest BCUT2D eigenvalue weighted by Gasteiger charge is 2.30. The number of halogens is 2. The van der Waals surface area contributed by atoms with Gasteiger partial charge in [-0.25, -0.2) is 8.78 Å². The summed E-state index contributed by atoms with van der Waals surface area (Å²) >= 11 is 0. The molecule has 112 valence electrons. The fourth-order valence-corrected chi connectivity index (χ4v) is 3.03. The number of nitrogens with zero attached hydrogens (tertiary/aromatic N) is 1. The molecule has 1 aromatic carbocycles. The Labute approximate surface area is 120 Å². The Balaban J connectivity index is 2.21. The molecule has 0 aromatic heterocycles. The highest BCUT2D eigenvalue weighted by atomic mass is 19.1. The summed E-state index contributed by atoms with van der Waals surface area (Å²) in [7, 11) is 0. The van der Waals surface area contributed by atoms with E-state index in [1.807, 2.05) is 6.92 Å².